The van der Waals surface area contributed by atoms with Gasteiger partial charge in [0.05, 0.1) is 24.4 Å². The van der Waals surface area contributed by atoms with E-state index in [9.17, 15) is 5.11 Å². The van der Waals surface area contributed by atoms with Gasteiger partial charge in [0, 0.05) is 36.5 Å². The number of hydrogen-bond acceptors (Lipinski definition) is 4. The smallest absolute Gasteiger partial charge is 0.119 e. The van der Waals surface area contributed by atoms with E-state index in [1.165, 1.54) is 53.8 Å². The van der Waals surface area contributed by atoms with E-state index in [1.54, 1.807) is 7.11 Å². The zero-order valence-electron chi connectivity index (χ0n) is 18.7. The third-order valence-corrected chi connectivity index (χ3v) is 9.25. The minimum atomic E-state index is -0.741. The Morgan fingerprint density at radius 3 is 2.77 bits per heavy atom. The first-order chi connectivity index (χ1) is 15.0. The number of rotatable bonds is 4. The van der Waals surface area contributed by atoms with Crippen LogP contribution < -0.4 is 4.74 Å². The minimum absolute atomic E-state index is 0.194. The van der Waals surface area contributed by atoms with Crippen molar-refractivity contribution in [3.63, 3.8) is 0 Å². The predicted octanol–water partition coefficient (Wildman–Crippen LogP) is 3.34. The maximum atomic E-state index is 12.7. The molecule has 1 aliphatic heterocycles. The van der Waals surface area contributed by atoms with Gasteiger partial charge in [0.15, 0.2) is 0 Å². The van der Waals surface area contributed by atoms with Crippen molar-refractivity contribution < 1.29 is 9.84 Å². The molecule has 5 aliphatic rings. The lowest BCUT2D eigenvalue weighted by molar-refractivity contribution is -0.152. The Morgan fingerprint density at radius 2 is 2.03 bits per heavy atom. The molecule has 2 saturated carbocycles. The second-order valence-corrected chi connectivity index (χ2v) is 11.0. The van der Waals surface area contributed by atoms with Gasteiger partial charge in [-0.2, -0.15) is 5.10 Å². The van der Waals surface area contributed by atoms with Gasteiger partial charge in [-0.05, 0) is 86.7 Å². The Labute approximate surface area is 184 Å². The molecule has 4 aliphatic carbocycles. The molecule has 2 heterocycles. The summed E-state index contributed by atoms with van der Waals surface area (Å²) in [7, 11) is 1.75. The summed E-state index contributed by atoms with van der Waals surface area (Å²) in [4.78, 5) is 2.65. The first-order valence-electron chi connectivity index (χ1n) is 12.2. The summed E-state index contributed by atoms with van der Waals surface area (Å²) in [5.41, 5.74) is 5.58. The number of ether oxygens (including phenoxy) is 1. The van der Waals surface area contributed by atoms with Crippen molar-refractivity contribution in [2.45, 2.75) is 81.4 Å². The van der Waals surface area contributed by atoms with E-state index in [0.717, 1.165) is 50.4 Å². The number of methoxy groups -OCH3 is 1. The van der Waals surface area contributed by atoms with Gasteiger partial charge in [0.1, 0.15) is 5.75 Å². The number of likely N-dealkylation sites (tertiary alicyclic amines) is 1. The van der Waals surface area contributed by atoms with Crippen LogP contribution in [0.4, 0.5) is 0 Å². The fourth-order valence-corrected chi connectivity index (χ4v) is 7.20. The van der Waals surface area contributed by atoms with Crippen LogP contribution >= 0.6 is 0 Å². The maximum absolute atomic E-state index is 12.7. The Morgan fingerprint density at radius 1 is 1.19 bits per heavy atom. The number of aliphatic hydroxyl groups is 1. The molecule has 2 bridgehead atoms. The molecule has 1 aromatic heterocycles. The molecule has 1 N–H and O–H groups in total. The van der Waals surface area contributed by atoms with Gasteiger partial charge in [-0.25, -0.2) is 0 Å². The zero-order valence-corrected chi connectivity index (χ0v) is 18.7. The molecule has 1 saturated heterocycles. The van der Waals surface area contributed by atoms with Crippen molar-refractivity contribution in [3.8, 4) is 5.75 Å². The van der Waals surface area contributed by atoms with E-state index >= 15 is 0 Å². The molecule has 2 aromatic rings. The summed E-state index contributed by atoms with van der Waals surface area (Å²) in [5, 5.41) is 17.8. The van der Waals surface area contributed by atoms with E-state index in [4.69, 9.17) is 9.84 Å². The summed E-state index contributed by atoms with van der Waals surface area (Å²) < 4.78 is 7.91. The number of hydrogen-bond donors (Lipinski definition) is 1. The summed E-state index contributed by atoms with van der Waals surface area (Å²) in [6.45, 7) is 4.46. The van der Waals surface area contributed by atoms with Gasteiger partial charge >= 0.3 is 0 Å². The molecule has 164 valence electrons. The first-order valence-corrected chi connectivity index (χ1v) is 12.2. The zero-order chi connectivity index (χ0) is 21.0. The number of nitrogens with zero attached hydrogens (tertiary/aromatic N) is 3. The summed E-state index contributed by atoms with van der Waals surface area (Å²) >= 11 is 0. The van der Waals surface area contributed by atoms with Crippen molar-refractivity contribution in [1.29, 1.82) is 0 Å². The topological polar surface area (TPSA) is 50.5 Å². The molecule has 0 spiro atoms. The number of piperidine rings is 1. The normalized spacial score (nSPS) is 34.1. The highest BCUT2D eigenvalue weighted by Gasteiger charge is 2.65. The van der Waals surface area contributed by atoms with Crippen LogP contribution in [-0.4, -0.2) is 51.6 Å². The Balaban J connectivity index is 1.41. The number of benzene rings is 1. The molecule has 0 amide bonds. The molecular formula is C26H33N3O2. The average Bonchev–Trinajstić information content (AvgIpc) is 3.68. The van der Waals surface area contributed by atoms with Crippen LogP contribution in [0.15, 0.2) is 18.2 Å². The third kappa shape index (κ3) is 2.48. The number of fused-ring (bicyclic) bond motifs is 2. The van der Waals surface area contributed by atoms with Gasteiger partial charge in [0.25, 0.3) is 0 Å². The molecule has 5 heteroatoms. The van der Waals surface area contributed by atoms with E-state index in [1.807, 2.05) is 0 Å². The van der Waals surface area contributed by atoms with Crippen LogP contribution in [0.2, 0.25) is 0 Å². The van der Waals surface area contributed by atoms with Crippen LogP contribution in [0.1, 0.15) is 66.2 Å². The second kappa shape index (κ2) is 6.14. The van der Waals surface area contributed by atoms with E-state index < -0.39 is 5.60 Å². The van der Waals surface area contributed by atoms with Crippen LogP contribution in [0.25, 0.3) is 0 Å². The van der Waals surface area contributed by atoms with Crippen LogP contribution in [0.3, 0.4) is 0 Å². The molecule has 3 fully saturated rings. The SMILES string of the molecule is COc1ccc2c(c1)[C@]13CCN(CC4CC4)[C@H](C2)[C@]1(O)Cc1c(nn(C2CC2)c1C)C3. The first kappa shape index (κ1) is 18.7. The Hall–Kier alpha value is -1.85. The van der Waals surface area contributed by atoms with Gasteiger partial charge in [0.2, 0.25) is 0 Å². The lowest BCUT2D eigenvalue weighted by atomic mass is 9.49. The minimum Gasteiger partial charge on any atom is -0.497 e. The molecular weight excluding hydrogens is 386 g/mol. The van der Waals surface area contributed by atoms with Crippen molar-refractivity contribution >= 4 is 0 Å². The van der Waals surface area contributed by atoms with Gasteiger partial charge in [-0.15, -0.1) is 0 Å². The van der Waals surface area contributed by atoms with Crippen molar-refractivity contribution in [2.24, 2.45) is 5.92 Å². The Bertz CT molecular complexity index is 1070. The van der Waals surface area contributed by atoms with E-state index in [-0.39, 0.29) is 11.5 Å². The van der Waals surface area contributed by atoms with Crippen molar-refractivity contribution in [1.82, 2.24) is 14.7 Å². The van der Waals surface area contributed by atoms with E-state index in [0.29, 0.717) is 6.04 Å². The number of aromatic nitrogens is 2. The fraction of sp³-hybridized carbons (Fsp3) is 0.654. The molecule has 31 heavy (non-hydrogen) atoms. The van der Waals surface area contributed by atoms with Crippen LogP contribution in [0, 0.1) is 12.8 Å². The summed E-state index contributed by atoms with van der Waals surface area (Å²) in [6.07, 6.45) is 8.74. The highest BCUT2D eigenvalue weighted by Crippen LogP contribution is 2.58. The van der Waals surface area contributed by atoms with Gasteiger partial charge < -0.3 is 9.84 Å². The highest BCUT2D eigenvalue weighted by atomic mass is 16.5. The largest absolute Gasteiger partial charge is 0.497 e. The second-order valence-electron chi connectivity index (χ2n) is 11.0. The van der Waals surface area contributed by atoms with Gasteiger partial charge in [-0.3, -0.25) is 9.58 Å². The average molecular weight is 420 g/mol. The summed E-state index contributed by atoms with van der Waals surface area (Å²) in [6, 6.07) is 7.36. The van der Waals surface area contributed by atoms with Crippen molar-refractivity contribution in [3.05, 3.63) is 46.3 Å². The fourth-order valence-electron chi connectivity index (χ4n) is 7.20. The highest BCUT2D eigenvalue weighted by molar-refractivity contribution is 5.52. The molecule has 0 radical (unpaired) electrons. The molecule has 5 nitrogen and oxygen atoms in total. The molecule has 3 atom stereocenters. The molecule has 7 rings (SSSR count). The van der Waals surface area contributed by atoms with Crippen LogP contribution in [-0.2, 0) is 24.7 Å². The van der Waals surface area contributed by atoms with Crippen molar-refractivity contribution in [2.75, 3.05) is 20.2 Å². The van der Waals surface area contributed by atoms with E-state index in [2.05, 4.69) is 34.7 Å². The standard InChI is InChI=1S/C26H33N3O2/c1-16-21-13-26(30)24-11-18-5-8-20(31-2)12-22(18)25(26,9-10-28(24)15-17-3-4-17)14-23(21)27-29(16)19-6-7-19/h5,8,12,17,19,24,30H,3-4,6-7,9-11,13-15H2,1-2H3/t24-,25-,26-/m1/s1. The van der Waals surface area contributed by atoms with Gasteiger partial charge in [-0.1, -0.05) is 6.07 Å². The molecule has 1 aromatic carbocycles. The third-order valence-electron chi connectivity index (χ3n) is 9.25. The Kier molecular flexibility index (Phi) is 3.70. The predicted molar refractivity (Wildman–Crippen MR) is 119 cm³/mol. The molecule has 0 unspecified atom stereocenters. The van der Waals surface area contributed by atoms with Crippen LogP contribution in [0.5, 0.6) is 5.75 Å². The lowest BCUT2D eigenvalue weighted by Gasteiger charge is -2.63. The lowest BCUT2D eigenvalue weighted by Crippen LogP contribution is -2.74. The monoisotopic (exact) mass is 419 g/mol. The quantitative estimate of drug-likeness (QED) is 0.826. The maximum Gasteiger partial charge on any atom is 0.119 e. The summed E-state index contributed by atoms with van der Waals surface area (Å²) in [5.74, 6) is 1.74.